The third kappa shape index (κ3) is 5.27. The Labute approximate surface area is 156 Å². The number of nitrogens with zero attached hydrogens (tertiary/aromatic N) is 1. The van der Waals surface area contributed by atoms with Crippen LogP contribution in [0.4, 0.5) is 11.4 Å². The number of nitrogens with one attached hydrogen (secondary N) is 2. The van der Waals surface area contributed by atoms with Gasteiger partial charge in [0.2, 0.25) is 5.91 Å². The summed E-state index contributed by atoms with van der Waals surface area (Å²) in [7, 11) is 1.53. The fraction of sp³-hybridized carbons (Fsp3) is 0.263. The van der Waals surface area contributed by atoms with E-state index in [0.29, 0.717) is 17.0 Å². The zero-order valence-corrected chi connectivity index (χ0v) is 15.3. The molecule has 0 aliphatic carbocycles. The molecule has 0 saturated heterocycles. The monoisotopic (exact) mass is 371 g/mol. The van der Waals surface area contributed by atoms with Crippen LogP contribution in [0.3, 0.4) is 0 Å². The minimum absolute atomic E-state index is 0.129. The van der Waals surface area contributed by atoms with Crippen molar-refractivity contribution in [3.05, 3.63) is 64.2 Å². The van der Waals surface area contributed by atoms with Crippen LogP contribution in [0.25, 0.3) is 0 Å². The molecule has 0 saturated carbocycles. The summed E-state index contributed by atoms with van der Waals surface area (Å²) in [5, 5.41) is 16.2. The molecule has 8 heteroatoms. The first-order valence-electron chi connectivity index (χ1n) is 8.32. The summed E-state index contributed by atoms with van der Waals surface area (Å²) in [4.78, 5) is 35.3. The van der Waals surface area contributed by atoms with Crippen LogP contribution >= 0.6 is 0 Å². The Balaban J connectivity index is 2.11. The first kappa shape index (κ1) is 19.9. The molecule has 8 nitrogen and oxygen atoms in total. The number of nitro benzene ring substituents is 1. The summed E-state index contributed by atoms with van der Waals surface area (Å²) < 4.78 is 5.06. The second-order valence-electron chi connectivity index (χ2n) is 6.22. The Kier molecular flexibility index (Phi) is 6.48. The van der Waals surface area contributed by atoms with Crippen molar-refractivity contribution in [3.8, 4) is 5.75 Å². The Morgan fingerprint density at radius 1 is 1.11 bits per heavy atom. The average molecular weight is 371 g/mol. The second-order valence-corrected chi connectivity index (χ2v) is 6.22. The lowest BCUT2D eigenvalue weighted by Crippen LogP contribution is -2.47. The predicted molar refractivity (Wildman–Crippen MR) is 101 cm³/mol. The zero-order valence-electron chi connectivity index (χ0n) is 15.3. The number of rotatable bonds is 7. The number of anilines is 1. The minimum Gasteiger partial charge on any atom is -0.497 e. The van der Waals surface area contributed by atoms with E-state index in [1.165, 1.54) is 25.3 Å². The van der Waals surface area contributed by atoms with Crippen LogP contribution in [0.15, 0.2) is 48.5 Å². The van der Waals surface area contributed by atoms with E-state index < -0.39 is 22.8 Å². The lowest BCUT2D eigenvalue weighted by molar-refractivity contribution is -0.384. The Hall–Kier alpha value is -3.42. The molecule has 0 spiro atoms. The average Bonchev–Trinajstić information content (AvgIpc) is 2.65. The number of ether oxygens (including phenoxy) is 1. The van der Waals surface area contributed by atoms with E-state index in [-0.39, 0.29) is 11.6 Å². The van der Waals surface area contributed by atoms with Gasteiger partial charge in [-0.2, -0.15) is 0 Å². The Bertz CT molecular complexity index is 833. The topological polar surface area (TPSA) is 111 Å². The van der Waals surface area contributed by atoms with Crippen LogP contribution in [0.1, 0.15) is 24.2 Å². The van der Waals surface area contributed by atoms with Crippen molar-refractivity contribution in [2.24, 2.45) is 5.92 Å². The van der Waals surface area contributed by atoms with Gasteiger partial charge in [0, 0.05) is 23.4 Å². The zero-order chi connectivity index (χ0) is 20.0. The number of hydrogen-bond acceptors (Lipinski definition) is 5. The highest BCUT2D eigenvalue weighted by Gasteiger charge is 2.25. The lowest BCUT2D eigenvalue weighted by atomic mass is 10.0. The van der Waals surface area contributed by atoms with Crippen molar-refractivity contribution in [1.29, 1.82) is 0 Å². The van der Waals surface area contributed by atoms with Crippen LogP contribution in [0.5, 0.6) is 5.75 Å². The number of carbonyl (C=O) groups excluding carboxylic acids is 2. The molecule has 2 N–H and O–H groups in total. The number of non-ortho nitro benzene ring substituents is 1. The van der Waals surface area contributed by atoms with Gasteiger partial charge in [0.1, 0.15) is 11.8 Å². The summed E-state index contributed by atoms with van der Waals surface area (Å²) in [6, 6.07) is 11.3. The smallest absolute Gasteiger partial charge is 0.271 e. The molecule has 0 bridgehead atoms. The summed E-state index contributed by atoms with van der Waals surface area (Å²) >= 11 is 0. The molecule has 2 aromatic carbocycles. The fourth-order valence-corrected chi connectivity index (χ4v) is 2.42. The number of benzene rings is 2. The number of amides is 2. The van der Waals surface area contributed by atoms with E-state index in [1.807, 2.05) is 0 Å². The molecule has 0 radical (unpaired) electrons. The van der Waals surface area contributed by atoms with E-state index in [0.717, 1.165) is 0 Å². The normalized spacial score (nSPS) is 11.6. The molecule has 2 rings (SSSR count). The maximum Gasteiger partial charge on any atom is 0.271 e. The van der Waals surface area contributed by atoms with Gasteiger partial charge in [-0.25, -0.2) is 0 Å². The molecule has 0 aliphatic rings. The first-order chi connectivity index (χ1) is 12.8. The third-order valence-electron chi connectivity index (χ3n) is 3.91. The van der Waals surface area contributed by atoms with E-state index in [9.17, 15) is 19.7 Å². The van der Waals surface area contributed by atoms with Crippen LogP contribution in [-0.2, 0) is 4.79 Å². The van der Waals surface area contributed by atoms with Gasteiger partial charge < -0.3 is 15.4 Å². The van der Waals surface area contributed by atoms with Gasteiger partial charge in [-0.3, -0.25) is 19.7 Å². The predicted octanol–water partition coefficient (Wildman–Crippen LogP) is 3.00. The minimum atomic E-state index is -0.807. The summed E-state index contributed by atoms with van der Waals surface area (Å²) in [6.07, 6.45) is 0. The number of methoxy groups -OCH3 is 1. The molecule has 1 atom stereocenters. The Morgan fingerprint density at radius 3 is 2.33 bits per heavy atom. The number of hydrogen-bond donors (Lipinski definition) is 2. The van der Waals surface area contributed by atoms with Gasteiger partial charge in [0.05, 0.1) is 12.0 Å². The van der Waals surface area contributed by atoms with Crippen LogP contribution in [-0.4, -0.2) is 29.9 Å². The molecule has 2 aromatic rings. The van der Waals surface area contributed by atoms with Gasteiger partial charge in [0.25, 0.3) is 11.6 Å². The number of nitro groups is 1. The molecule has 2 amide bonds. The van der Waals surface area contributed by atoms with Gasteiger partial charge >= 0.3 is 0 Å². The maximum absolute atomic E-state index is 12.6. The third-order valence-corrected chi connectivity index (χ3v) is 3.91. The van der Waals surface area contributed by atoms with Crippen molar-refractivity contribution >= 4 is 23.2 Å². The maximum atomic E-state index is 12.6. The van der Waals surface area contributed by atoms with Gasteiger partial charge in [-0.05, 0) is 36.2 Å². The molecule has 1 unspecified atom stereocenters. The molecule has 142 valence electrons. The summed E-state index contributed by atoms with van der Waals surface area (Å²) in [6.45, 7) is 3.60. The SMILES string of the molecule is COc1ccc(C(=O)NC(C(=O)Nc2cccc([N+](=O)[O-])c2)C(C)C)cc1. The quantitative estimate of drug-likeness (QED) is 0.574. The highest BCUT2D eigenvalue weighted by Crippen LogP contribution is 2.18. The van der Waals surface area contributed by atoms with Gasteiger partial charge in [-0.1, -0.05) is 19.9 Å². The van der Waals surface area contributed by atoms with Crippen molar-refractivity contribution < 1.29 is 19.2 Å². The number of carbonyl (C=O) groups is 2. The fourth-order valence-electron chi connectivity index (χ4n) is 2.42. The van der Waals surface area contributed by atoms with Crippen LogP contribution < -0.4 is 15.4 Å². The molecule has 27 heavy (non-hydrogen) atoms. The second kappa shape index (κ2) is 8.79. The standard InChI is InChI=1S/C19H21N3O5/c1-12(2)17(21-18(23)13-7-9-16(27-3)10-8-13)19(24)20-14-5-4-6-15(11-14)22(25)26/h4-12,17H,1-3H3,(H,20,24)(H,21,23). The first-order valence-corrected chi connectivity index (χ1v) is 8.32. The highest BCUT2D eigenvalue weighted by atomic mass is 16.6. The van der Waals surface area contributed by atoms with Crippen molar-refractivity contribution in [3.63, 3.8) is 0 Å². The van der Waals surface area contributed by atoms with E-state index in [2.05, 4.69) is 10.6 Å². The van der Waals surface area contributed by atoms with E-state index in [4.69, 9.17) is 4.74 Å². The molecule has 0 aromatic heterocycles. The molecular weight excluding hydrogens is 350 g/mol. The molecule has 0 aliphatic heterocycles. The highest BCUT2D eigenvalue weighted by molar-refractivity contribution is 6.01. The Morgan fingerprint density at radius 2 is 1.78 bits per heavy atom. The summed E-state index contributed by atoms with van der Waals surface area (Å²) in [5.74, 6) is -0.417. The van der Waals surface area contributed by atoms with Crippen LogP contribution in [0, 0.1) is 16.0 Å². The lowest BCUT2D eigenvalue weighted by Gasteiger charge is -2.21. The van der Waals surface area contributed by atoms with Crippen molar-refractivity contribution in [2.75, 3.05) is 12.4 Å². The molecule has 0 fully saturated rings. The summed E-state index contributed by atoms with van der Waals surface area (Å²) in [5.41, 5.74) is 0.555. The van der Waals surface area contributed by atoms with Crippen molar-refractivity contribution in [2.45, 2.75) is 19.9 Å². The van der Waals surface area contributed by atoms with Gasteiger partial charge in [0.15, 0.2) is 0 Å². The van der Waals surface area contributed by atoms with Crippen molar-refractivity contribution in [1.82, 2.24) is 5.32 Å². The largest absolute Gasteiger partial charge is 0.497 e. The molecular formula is C19H21N3O5. The molecule has 0 heterocycles. The van der Waals surface area contributed by atoms with Crippen LogP contribution in [0.2, 0.25) is 0 Å². The van der Waals surface area contributed by atoms with E-state index >= 15 is 0 Å². The van der Waals surface area contributed by atoms with Gasteiger partial charge in [-0.15, -0.1) is 0 Å². The van der Waals surface area contributed by atoms with E-state index in [1.54, 1.807) is 44.2 Å².